The van der Waals surface area contributed by atoms with Crippen molar-refractivity contribution in [2.24, 2.45) is 22.7 Å². The SMILES string of the molecule is C.C.C.CC(C)C(C)(C)CCC(C)(C)C(C)C. The average Bonchev–Trinajstić information content (AvgIpc) is 2.01. The van der Waals surface area contributed by atoms with Crippen LogP contribution < -0.4 is 0 Å². The van der Waals surface area contributed by atoms with Crippen molar-refractivity contribution < 1.29 is 0 Å². The third-order valence-electron chi connectivity index (χ3n) is 4.54. The van der Waals surface area contributed by atoms with Gasteiger partial charge in [0.05, 0.1) is 0 Å². The van der Waals surface area contributed by atoms with Crippen molar-refractivity contribution in [3.05, 3.63) is 0 Å². The summed E-state index contributed by atoms with van der Waals surface area (Å²) in [6.07, 6.45) is 2.69. The van der Waals surface area contributed by atoms with Crippen LogP contribution in [0.4, 0.5) is 0 Å². The number of rotatable bonds is 5. The van der Waals surface area contributed by atoms with Gasteiger partial charge >= 0.3 is 0 Å². The number of hydrogen-bond donors (Lipinski definition) is 0. The van der Waals surface area contributed by atoms with Crippen LogP contribution >= 0.6 is 0 Å². The molecule has 0 saturated heterocycles. The van der Waals surface area contributed by atoms with E-state index in [0.29, 0.717) is 10.8 Å². The molecule has 0 aliphatic carbocycles. The molecule has 0 spiro atoms. The lowest BCUT2D eigenvalue weighted by molar-refractivity contribution is 0.150. The third kappa shape index (κ3) is 8.69. The van der Waals surface area contributed by atoms with Gasteiger partial charge in [-0.3, -0.25) is 0 Å². The first-order valence-electron chi connectivity index (χ1n) is 6.09. The molecule has 0 heterocycles. The van der Waals surface area contributed by atoms with E-state index in [0.717, 1.165) is 11.8 Å². The van der Waals surface area contributed by atoms with Crippen LogP contribution in [0.3, 0.4) is 0 Å². The Labute approximate surface area is 114 Å². The Balaban J connectivity index is -0.000000282. The van der Waals surface area contributed by atoms with Gasteiger partial charge in [-0.15, -0.1) is 0 Å². The predicted molar refractivity (Wildman–Crippen MR) is 86.7 cm³/mol. The first-order chi connectivity index (χ1) is 6.09. The Morgan fingerprint density at radius 3 is 0.882 bits per heavy atom. The lowest BCUT2D eigenvalue weighted by Crippen LogP contribution is -2.25. The highest BCUT2D eigenvalue weighted by atomic mass is 14.3. The molecule has 0 saturated carbocycles. The summed E-state index contributed by atoms with van der Waals surface area (Å²) >= 11 is 0. The maximum absolute atomic E-state index is 2.40. The van der Waals surface area contributed by atoms with Crippen LogP contribution in [0, 0.1) is 22.7 Å². The van der Waals surface area contributed by atoms with E-state index in [4.69, 9.17) is 0 Å². The van der Waals surface area contributed by atoms with Gasteiger partial charge in [-0.05, 0) is 35.5 Å². The van der Waals surface area contributed by atoms with Crippen molar-refractivity contribution in [1.82, 2.24) is 0 Å². The van der Waals surface area contributed by atoms with Crippen molar-refractivity contribution in [2.45, 2.75) is 90.5 Å². The molecule has 110 valence electrons. The van der Waals surface area contributed by atoms with E-state index in [9.17, 15) is 0 Å². The standard InChI is InChI=1S/C14H30.3CH4/c1-11(2)13(5,6)9-10-14(7,8)12(3)4;;;/h11-12H,9-10H2,1-8H3;3*1H4. The second-order valence-corrected chi connectivity index (χ2v) is 6.79. The first-order valence-corrected chi connectivity index (χ1v) is 6.09. The molecule has 0 radical (unpaired) electrons. The van der Waals surface area contributed by atoms with Gasteiger partial charge in [-0.25, -0.2) is 0 Å². The van der Waals surface area contributed by atoms with Gasteiger partial charge in [-0.1, -0.05) is 77.7 Å². The fraction of sp³-hybridized carbons (Fsp3) is 1.00. The zero-order valence-electron chi connectivity index (χ0n) is 11.6. The van der Waals surface area contributed by atoms with E-state index in [1.54, 1.807) is 0 Å². The minimum Gasteiger partial charge on any atom is -0.0776 e. The van der Waals surface area contributed by atoms with Gasteiger partial charge in [-0.2, -0.15) is 0 Å². The lowest BCUT2D eigenvalue weighted by Gasteiger charge is -2.36. The van der Waals surface area contributed by atoms with E-state index >= 15 is 0 Å². The zero-order valence-corrected chi connectivity index (χ0v) is 11.6. The maximum atomic E-state index is 2.40. The van der Waals surface area contributed by atoms with E-state index in [-0.39, 0.29) is 22.3 Å². The molecular formula is C17H42. The largest absolute Gasteiger partial charge is 0.0776 e. The molecular weight excluding hydrogens is 204 g/mol. The summed E-state index contributed by atoms with van der Waals surface area (Å²) in [6, 6.07) is 0. The normalized spacial score (nSPS) is 11.6. The van der Waals surface area contributed by atoms with Crippen LogP contribution in [-0.2, 0) is 0 Å². The minimum atomic E-state index is 0. The van der Waals surface area contributed by atoms with E-state index in [2.05, 4.69) is 55.4 Å². The zero-order chi connectivity index (χ0) is 11.6. The maximum Gasteiger partial charge on any atom is -0.0331 e. The topological polar surface area (TPSA) is 0 Å². The minimum absolute atomic E-state index is 0. The summed E-state index contributed by atoms with van der Waals surface area (Å²) in [5, 5.41) is 0. The van der Waals surface area contributed by atoms with Crippen molar-refractivity contribution >= 4 is 0 Å². The van der Waals surface area contributed by atoms with Gasteiger partial charge in [0, 0.05) is 0 Å². The Kier molecular flexibility index (Phi) is 13.6. The highest BCUT2D eigenvalue weighted by Crippen LogP contribution is 2.39. The van der Waals surface area contributed by atoms with Gasteiger partial charge in [0.15, 0.2) is 0 Å². The lowest BCUT2D eigenvalue weighted by atomic mass is 9.70. The second-order valence-electron chi connectivity index (χ2n) is 6.79. The summed E-state index contributed by atoms with van der Waals surface area (Å²) in [6.45, 7) is 18.9. The molecule has 0 nitrogen and oxygen atoms in total. The smallest absolute Gasteiger partial charge is 0.0331 e. The number of hydrogen-bond acceptors (Lipinski definition) is 0. The van der Waals surface area contributed by atoms with Gasteiger partial charge in [0.25, 0.3) is 0 Å². The third-order valence-corrected chi connectivity index (χ3v) is 4.54. The summed E-state index contributed by atoms with van der Waals surface area (Å²) in [7, 11) is 0. The highest BCUT2D eigenvalue weighted by molar-refractivity contribution is 4.79. The van der Waals surface area contributed by atoms with Crippen molar-refractivity contribution in [1.29, 1.82) is 0 Å². The van der Waals surface area contributed by atoms with Crippen molar-refractivity contribution in [2.75, 3.05) is 0 Å². The molecule has 0 aromatic rings. The van der Waals surface area contributed by atoms with Crippen molar-refractivity contribution in [3.8, 4) is 0 Å². The van der Waals surface area contributed by atoms with Crippen LogP contribution in [0.2, 0.25) is 0 Å². The van der Waals surface area contributed by atoms with Crippen molar-refractivity contribution in [3.63, 3.8) is 0 Å². The van der Waals surface area contributed by atoms with Gasteiger partial charge in [0.2, 0.25) is 0 Å². The summed E-state index contributed by atoms with van der Waals surface area (Å²) in [5.41, 5.74) is 0.984. The molecule has 0 aliphatic rings. The molecule has 17 heavy (non-hydrogen) atoms. The van der Waals surface area contributed by atoms with E-state index in [1.807, 2.05) is 0 Å². The summed E-state index contributed by atoms with van der Waals surface area (Å²) in [4.78, 5) is 0. The molecule has 0 unspecified atom stereocenters. The molecule has 0 aromatic heterocycles. The first kappa shape index (κ1) is 25.8. The van der Waals surface area contributed by atoms with Crippen LogP contribution in [0.5, 0.6) is 0 Å². The fourth-order valence-electron chi connectivity index (χ4n) is 1.22. The van der Waals surface area contributed by atoms with Gasteiger partial charge in [0.1, 0.15) is 0 Å². The van der Waals surface area contributed by atoms with E-state index < -0.39 is 0 Å². The monoisotopic (exact) mass is 246 g/mol. The van der Waals surface area contributed by atoms with Crippen LogP contribution in [0.15, 0.2) is 0 Å². The Morgan fingerprint density at radius 1 is 0.588 bits per heavy atom. The Morgan fingerprint density at radius 2 is 0.765 bits per heavy atom. The highest BCUT2D eigenvalue weighted by Gasteiger charge is 2.28. The summed E-state index contributed by atoms with van der Waals surface area (Å²) < 4.78 is 0. The Bertz CT molecular complexity index is 141. The molecule has 0 fully saturated rings. The molecule has 0 N–H and O–H groups in total. The molecule has 0 rings (SSSR count). The quantitative estimate of drug-likeness (QED) is 0.488. The fourth-order valence-corrected chi connectivity index (χ4v) is 1.22. The van der Waals surface area contributed by atoms with E-state index in [1.165, 1.54) is 12.8 Å². The predicted octanol–water partition coefficient (Wildman–Crippen LogP) is 7.04. The molecule has 0 atom stereocenters. The van der Waals surface area contributed by atoms with Crippen LogP contribution in [-0.4, -0.2) is 0 Å². The summed E-state index contributed by atoms with van der Waals surface area (Å²) in [5.74, 6) is 1.57. The molecule has 0 bridgehead atoms. The Hall–Kier alpha value is 0. The average molecular weight is 247 g/mol. The molecule has 0 aliphatic heterocycles. The van der Waals surface area contributed by atoms with Crippen LogP contribution in [0.25, 0.3) is 0 Å². The molecule has 0 heteroatoms. The molecule has 0 aromatic carbocycles. The van der Waals surface area contributed by atoms with Gasteiger partial charge < -0.3 is 0 Å². The second kappa shape index (κ2) is 9.00. The molecule has 0 amide bonds. The van der Waals surface area contributed by atoms with Crippen LogP contribution in [0.1, 0.15) is 90.5 Å².